The van der Waals surface area contributed by atoms with E-state index in [4.69, 9.17) is 9.72 Å². The maximum Gasteiger partial charge on any atom is 0.275 e. The number of likely N-dealkylation sites (tertiary alicyclic amines) is 1. The van der Waals surface area contributed by atoms with Gasteiger partial charge >= 0.3 is 0 Å². The molecule has 0 radical (unpaired) electrons. The Labute approximate surface area is 207 Å². The van der Waals surface area contributed by atoms with Gasteiger partial charge in [-0.25, -0.2) is 4.98 Å². The van der Waals surface area contributed by atoms with Crippen LogP contribution in [-0.4, -0.2) is 38.5 Å². The Hall–Kier alpha value is -2.97. The van der Waals surface area contributed by atoms with Crippen molar-refractivity contribution in [2.75, 3.05) is 19.7 Å². The first-order chi connectivity index (χ1) is 17.1. The maximum atomic E-state index is 13.3. The van der Waals surface area contributed by atoms with Gasteiger partial charge in [0.2, 0.25) is 0 Å². The van der Waals surface area contributed by atoms with Crippen LogP contribution in [-0.2, 0) is 6.54 Å². The minimum Gasteiger partial charge on any atom is -0.491 e. The van der Waals surface area contributed by atoms with E-state index in [0.717, 1.165) is 54.9 Å². The number of rotatable bonds is 2. The first kappa shape index (κ1) is 22.5. The first-order valence-electron chi connectivity index (χ1n) is 12.7. The number of hydrogen-bond donors (Lipinski definition) is 1. The van der Waals surface area contributed by atoms with Crippen LogP contribution >= 0.6 is 11.5 Å². The van der Waals surface area contributed by atoms with Gasteiger partial charge in [0.05, 0.1) is 22.2 Å². The molecule has 8 heteroatoms. The van der Waals surface area contributed by atoms with Crippen molar-refractivity contribution in [3.05, 3.63) is 56.6 Å². The molecule has 35 heavy (non-hydrogen) atoms. The van der Waals surface area contributed by atoms with Crippen molar-refractivity contribution in [1.82, 2.24) is 18.8 Å². The lowest BCUT2D eigenvalue weighted by molar-refractivity contribution is 0.220. The zero-order chi connectivity index (χ0) is 23.9. The summed E-state index contributed by atoms with van der Waals surface area (Å²) < 4.78 is 8.93. The van der Waals surface area contributed by atoms with Crippen molar-refractivity contribution in [3.63, 3.8) is 0 Å². The maximum absolute atomic E-state index is 13.3. The summed E-state index contributed by atoms with van der Waals surface area (Å²) in [7, 11) is 0. The number of ether oxygens (including phenoxy) is 1. The molecule has 4 aromatic rings. The molecule has 0 saturated carbocycles. The molecule has 2 aromatic carbocycles. The first-order valence-corrected chi connectivity index (χ1v) is 13.4. The molecular formula is C27H30N4O3S. The molecule has 4 heterocycles. The van der Waals surface area contributed by atoms with Crippen molar-refractivity contribution in [1.29, 1.82) is 0 Å². The quantitative estimate of drug-likeness (QED) is 0.424. The molecule has 4 bridgehead atoms. The second-order valence-electron chi connectivity index (χ2n) is 9.84. The third-order valence-corrected chi connectivity index (χ3v) is 8.59. The van der Waals surface area contributed by atoms with Gasteiger partial charge in [0, 0.05) is 18.2 Å². The monoisotopic (exact) mass is 490 g/mol. The molecule has 1 N–H and O–H groups in total. The molecule has 1 fully saturated rings. The van der Waals surface area contributed by atoms with Crippen LogP contribution in [0.25, 0.3) is 32.4 Å². The van der Waals surface area contributed by atoms with Crippen molar-refractivity contribution < 1.29 is 4.74 Å². The molecule has 2 aromatic heterocycles. The second kappa shape index (κ2) is 9.24. The number of piperidine rings is 1. The molecular weight excluding hydrogens is 460 g/mol. The van der Waals surface area contributed by atoms with Crippen LogP contribution < -0.4 is 15.9 Å². The minimum absolute atomic E-state index is 0.00531. The Morgan fingerprint density at radius 3 is 2.83 bits per heavy atom. The molecule has 1 atom stereocenters. The number of benzene rings is 2. The normalized spacial score (nSPS) is 19.3. The largest absolute Gasteiger partial charge is 0.491 e. The van der Waals surface area contributed by atoms with Crippen molar-refractivity contribution >= 4 is 32.7 Å². The summed E-state index contributed by atoms with van der Waals surface area (Å²) in [4.78, 5) is 36.8. The minimum atomic E-state index is -0.251. The zero-order valence-corrected chi connectivity index (χ0v) is 20.8. The van der Waals surface area contributed by atoms with Gasteiger partial charge in [0.1, 0.15) is 17.0 Å². The fourth-order valence-corrected chi connectivity index (χ4v) is 6.54. The van der Waals surface area contributed by atoms with Crippen LogP contribution in [0.15, 0.2) is 39.9 Å². The van der Waals surface area contributed by atoms with E-state index in [0.29, 0.717) is 34.3 Å². The van der Waals surface area contributed by atoms with E-state index < -0.39 is 0 Å². The summed E-state index contributed by atoms with van der Waals surface area (Å²) in [5.74, 6) is 0.718. The fraction of sp³-hybridized carbons (Fsp3) is 0.444. The average Bonchev–Trinajstić information content (AvgIpc) is 3.20. The number of H-pyrrole nitrogens is 1. The van der Waals surface area contributed by atoms with E-state index in [9.17, 15) is 9.59 Å². The number of aromatic nitrogens is 3. The van der Waals surface area contributed by atoms with E-state index in [-0.39, 0.29) is 17.2 Å². The van der Waals surface area contributed by atoms with Gasteiger partial charge in [-0.2, -0.15) is 0 Å². The number of nitrogens with zero attached hydrogens (tertiary/aromatic N) is 3. The summed E-state index contributed by atoms with van der Waals surface area (Å²) in [5, 5.41) is 0.642. The Bertz CT molecular complexity index is 1510. The van der Waals surface area contributed by atoms with E-state index >= 15 is 0 Å². The number of aromatic amines is 1. The molecule has 1 saturated heterocycles. The zero-order valence-electron chi connectivity index (χ0n) is 20.0. The molecule has 7 nitrogen and oxygen atoms in total. The van der Waals surface area contributed by atoms with E-state index in [1.54, 1.807) is 0 Å². The smallest absolute Gasteiger partial charge is 0.275 e. The van der Waals surface area contributed by atoms with Gasteiger partial charge in [-0.15, -0.1) is 0 Å². The predicted molar refractivity (Wildman–Crippen MR) is 141 cm³/mol. The Kier molecular flexibility index (Phi) is 5.94. The van der Waals surface area contributed by atoms with Gasteiger partial charge in [-0.3, -0.25) is 18.4 Å². The van der Waals surface area contributed by atoms with Crippen LogP contribution in [0.1, 0.15) is 57.1 Å². The lowest BCUT2D eigenvalue weighted by Crippen LogP contribution is -2.29. The standard InChI is InChI=1S/C27H30N4O3S/c1-17-8-3-6-13-34-22-15-18(16-30-11-4-2-5-12-30)14-21-24(22)29-23(26(32)28-21)19-9-7-10-20-25(19)35-31(17)27(20)33/h7,9-10,14-15,17H,2-6,8,11-13,16H2,1H3,(H,28,32)/t17-/m1/s1. The Morgan fingerprint density at radius 2 is 1.97 bits per heavy atom. The molecule has 0 amide bonds. The van der Waals surface area contributed by atoms with E-state index in [2.05, 4.69) is 22.9 Å². The van der Waals surface area contributed by atoms with Gasteiger partial charge in [-0.1, -0.05) is 30.1 Å². The Balaban J connectivity index is 1.53. The third-order valence-electron chi connectivity index (χ3n) is 7.24. The summed E-state index contributed by atoms with van der Waals surface area (Å²) in [6, 6.07) is 9.78. The molecule has 0 aliphatic carbocycles. The molecule has 2 aliphatic heterocycles. The van der Waals surface area contributed by atoms with Gasteiger partial charge < -0.3 is 9.72 Å². The highest BCUT2D eigenvalue weighted by atomic mass is 32.1. The topological polar surface area (TPSA) is 80.2 Å². The van der Waals surface area contributed by atoms with Crippen molar-refractivity contribution in [2.45, 2.75) is 58.0 Å². The number of fused-ring (bicyclic) bond motifs is 3. The lowest BCUT2D eigenvalue weighted by atomic mass is 10.1. The van der Waals surface area contributed by atoms with Gasteiger partial charge in [-0.05, 0) is 75.9 Å². The van der Waals surface area contributed by atoms with Crippen LogP contribution in [0.5, 0.6) is 5.75 Å². The highest BCUT2D eigenvalue weighted by Gasteiger charge is 2.21. The molecule has 182 valence electrons. The average molecular weight is 491 g/mol. The molecule has 6 rings (SSSR count). The van der Waals surface area contributed by atoms with Crippen molar-refractivity contribution in [2.24, 2.45) is 0 Å². The third kappa shape index (κ3) is 4.19. The number of hydrogen-bond acceptors (Lipinski definition) is 6. The van der Waals surface area contributed by atoms with E-state index in [1.807, 2.05) is 28.2 Å². The summed E-state index contributed by atoms with van der Waals surface area (Å²) in [5.41, 5.74) is 3.27. The summed E-state index contributed by atoms with van der Waals surface area (Å²) >= 11 is 1.44. The van der Waals surface area contributed by atoms with Crippen LogP contribution in [0.3, 0.4) is 0 Å². The van der Waals surface area contributed by atoms with Crippen LogP contribution in [0.2, 0.25) is 0 Å². The molecule has 2 aliphatic rings. The summed E-state index contributed by atoms with van der Waals surface area (Å²) in [6.07, 6.45) is 6.53. The fourth-order valence-electron chi connectivity index (χ4n) is 5.36. The highest BCUT2D eigenvalue weighted by molar-refractivity contribution is 7.14. The van der Waals surface area contributed by atoms with Gasteiger partial charge in [0.15, 0.2) is 0 Å². The Morgan fingerprint density at radius 1 is 1.11 bits per heavy atom. The van der Waals surface area contributed by atoms with Crippen molar-refractivity contribution in [3.8, 4) is 17.0 Å². The summed E-state index contributed by atoms with van der Waals surface area (Å²) in [6.45, 7) is 5.71. The SMILES string of the molecule is C[C@@H]1CCCCOc2cc(CN3CCCCC3)cc3[nH]c(=O)c(nc23)-c2cccc3c(=O)n1sc23. The van der Waals surface area contributed by atoms with Crippen LogP contribution in [0, 0.1) is 0 Å². The molecule has 0 spiro atoms. The highest BCUT2D eigenvalue weighted by Crippen LogP contribution is 2.33. The molecule has 0 unspecified atom stereocenters. The number of nitrogens with one attached hydrogen (secondary N) is 1. The van der Waals surface area contributed by atoms with Gasteiger partial charge in [0.25, 0.3) is 11.1 Å². The second-order valence-corrected chi connectivity index (χ2v) is 10.8. The lowest BCUT2D eigenvalue weighted by Gasteiger charge is -2.26. The van der Waals surface area contributed by atoms with Crippen LogP contribution in [0.4, 0.5) is 0 Å². The van der Waals surface area contributed by atoms with E-state index in [1.165, 1.54) is 30.8 Å². The predicted octanol–water partition coefficient (Wildman–Crippen LogP) is 5.08.